The lowest BCUT2D eigenvalue weighted by Crippen LogP contribution is -2.39. The molecule has 1 saturated carbocycles. The smallest absolute Gasteiger partial charge is 0.254 e. The van der Waals surface area contributed by atoms with E-state index in [9.17, 15) is 9.59 Å². The molecule has 1 saturated heterocycles. The molecule has 1 unspecified atom stereocenters. The fourth-order valence-corrected chi connectivity index (χ4v) is 2.83. The van der Waals surface area contributed by atoms with E-state index in [1.54, 1.807) is 12.1 Å². The minimum absolute atomic E-state index is 0. The maximum Gasteiger partial charge on any atom is 0.254 e. The van der Waals surface area contributed by atoms with Crippen LogP contribution in [0.15, 0.2) is 24.3 Å². The lowest BCUT2D eigenvalue weighted by molar-refractivity contribution is -0.117. The second-order valence-electron chi connectivity index (χ2n) is 5.87. The summed E-state index contributed by atoms with van der Waals surface area (Å²) in [5.74, 6) is 0.218. The Labute approximate surface area is 136 Å². The Balaban J connectivity index is 0.00000176. The van der Waals surface area contributed by atoms with Gasteiger partial charge in [-0.2, -0.15) is 0 Å². The second kappa shape index (κ2) is 7.11. The van der Waals surface area contributed by atoms with E-state index < -0.39 is 0 Å². The van der Waals surface area contributed by atoms with Crippen molar-refractivity contribution in [3.05, 3.63) is 29.8 Å². The first kappa shape index (κ1) is 16.8. The highest BCUT2D eigenvalue weighted by Gasteiger charge is 2.30. The SMILES string of the molecule is Cl.NCC1CCCN1C(=O)c1cccc(NC(=O)C2CC2)c1. The fraction of sp³-hybridized carbons (Fsp3) is 0.500. The van der Waals surface area contributed by atoms with Crippen LogP contribution in [0, 0.1) is 5.92 Å². The van der Waals surface area contributed by atoms with E-state index in [1.807, 2.05) is 17.0 Å². The van der Waals surface area contributed by atoms with Gasteiger partial charge >= 0.3 is 0 Å². The quantitative estimate of drug-likeness (QED) is 0.890. The van der Waals surface area contributed by atoms with Crippen LogP contribution in [0.5, 0.6) is 0 Å². The number of nitrogens with one attached hydrogen (secondary N) is 1. The number of benzene rings is 1. The first-order valence-corrected chi connectivity index (χ1v) is 7.61. The van der Waals surface area contributed by atoms with Crippen molar-refractivity contribution >= 4 is 29.9 Å². The highest BCUT2D eigenvalue weighted by Crippen LogP contribution is 2.30. The molecule has 2 fully saturated rings. The average Bonchev–Trinajstić information content (AvgIpc) is 3.24. The zero-order valence-electron chi connectivity index (χ0n) is 12.5. The number of rotatable bonds is 4. The van der Waals surface area contributed by atoms with Crippen LogP contribution in [0.1, 0.15) is 36.0 Å². The highest BCUT2D eigenvalue weighted by atomic mass is 35.5. The number of halogens is 1. The summed E-state index contributed by atoms with van der Waals surface area (Å²) in [6.07, 6.45) is 3.92. The van der Waals surface area contributed by atoms with Gasteiger partial charge in [-0.05, 0) is 43.9 Å². The molecular weight excluding hydrogens is 302 g/mol. The van der Waals surface area contributed by atoms with Crippen LogP contribution in [-0.2, 0) is 4.79 Å². The van der Waals surface area contributed by atoms with E-state index in [1.165, 1.54) is 0 Å². The van der Waals surface area contributed by atoms with Gasteiger partial charge in [0, 0.05) is 36.3 Å². The average molecular weight is 324 g/mol. The standard InChI is InChI=1S/C16H21N3O2.ClH/c17-10-14-5-2-8-19(14)16(21)12-3-1-4-13(9-12)18-15(20)11-6-7-11;/h1,3-4,9,11,14H,2,5-8,10,17H2,(H,18,20);1H. The molecule has 1 aliphatic heterocycles. The van der Waals surface area contributed by atoms with Crippen molar-refractivity contribution in [2.75, 3.05) is 18.4 Å². The van der Waals surface area contributed by atoms with Crippen LogP contribution in [0.2, 0.25) is 0 Å². The number of hydrogen-bond donors (Lipinski definition) is 2. The largest absolute Gasteiger partial charge is 0.334 e. The van der Waals surface area contributed by atoms with E-state index in [0.717, 1.165) is 32.2 Å². The number of nitrogens with zero attached hydrogens (tertiary/aromatic N) is 1. The van der Waals surface area contributed by atoms with Crippen molar-refractivity contribution in [1.82, 2.24) is 4.90 Å². The number of hydrogen-bond acceptors (Lipinski definition) is 3. The van der Waals surface area contributed by atoms with Gasteiger partial charge in [0.05, 0.1) is 0 Å². The molecule has 0 radical (unpaired) electrons. The monoisotopic (exact) mass is 323 g/mol. The molecule has 120 valence electrons. The van der Waals surface area contributed by atoms with Gasteiger partial charge in [0.15, 0.2) is 0 Å². The molecule has 0 bridgehead atoms. The molecule has 5 nitrogen and oxygen atoms in total. The molecular formula is C16H22ClN3O2. The summed E-state index contributed by atoms with van der Waals surface area (Å²) in [6, 6.07) is 7.32. The van der Waals surface area contributed by atoms with E-state index in [4.69, 9.17) is 5.73 Å². The zero-order valence-corrected chi connectivity index (χ0v) is 13.3. The van der Waals surface area contributed by atoms with E-state index >= 15 is 0 Å². The van der Waals surface area contributed by atoms with E-state index in [0.29, 0.717) is 17.8 Å². The number of amides is 2. The third-order valence-corrected chi connectivity index (χ3v) is 4.24. The van der Waals surface area contributed by atoms with Crippen molar-refractivity contribution in [3.63, 3.8) is 0 Å². The van der Waals surface area contributed by atoms with Gasteiger partial charge in [-0.1, -0.05) is 6.07 Å². The topological polar surface area (TPSA) is 75.4 Å². The molecule has 0 spiro atoms. The van der Waals surface area contributed by atoms with Crippen LogP contribution in [0.3, 0.4) is 0 Å². The van der Waals surface area contributed by atoms with Crippen molar-refractivity contribution in [3.8, 4) is 0 Å². The van der Waals surface area contributed by atoms with Crippen LogP contribution < -0.4 is 11.1 Å². The van der Waals surface area contributed by atoms with Crippen LogP contribution >= 0.6 is 12.4 Å². The zero-order chi connectivity index (χ0) is 14.8. The summed E-state index contributed by atoms with van der Waals surface area (Å²) in [7, 11) is 0. The molecule has 0 aromatic heterocycles. The Morgan fingerprint density at radius 2 is 2.05 bits per heavy atom. The Kier molecular flexibility index (Phi) is 5.42. The lowest BCUT2D eigenvalue weighted by atomic mass is 10.1. The van der Waals surface area contributed by atoms with Gasteiger partial charge in [0.2, 0.25) is 5.91 Å². The lowest BCUT2D eigenvalue weighted by Gasteiger charge is -2.23. The van der Waals surface area contributed by atoms with Crippen molar-refractivity contribution in [2.24, 2.45) is 11.7 Å². The van der Waals surface area contributed by atoms with Gasteiger partial charge in [0.1, 0.15) is 0 Å². The molecule has 2 aliphatic rings. The Bertz CT molecular complexity index is 560. The summed E-state index contributed by atoms with van der Waals surface area (Å²) < 4.78 is 0. The molecule has 3 N–H and O–H groups in total. The summed E-state index contributed by atoms with van der Waals surface area (Å²) in [4.78, 5) is 26.2. The third-order valence-electron chi connectivity index (χ3n) is 4.24. The summed E-state index contributed by atoms with van der Waals surface area (Å²) in [5.41, 5.74) is 7.04. The predicted molar refractivity (Wildman–Crippen MR) is 88.2 cm³/mol. The van der Waals surface area contributed by atoms with E-state index in [2.05, 4.69) is 5.32 Å². The third kappa shape index (κ3) is 3.59. The predicted octanol–water partition coefficient (Wildman–Crippen LogP) is 2.02. The Morgan fingerprint density at radius 3 is 2.73 bits per heavy atom. The Hall–Kier alpha value is -1.59. The fourth-order valence-electron chi connectivity index (χ4n) is 2.83. The molecule has 1 aliphatic carbocycles. The molecule has 6 heteroatoms. The van der Waals surface area contributed by atoms with Gasteiger partial charge in [0.25, 0.3) is 5.91 Å². The van der Waals surface area contributed by atoms with Crippen molar-refractivity contribution in [2.45, 2.75) is 31.7 Å². The molecule has 22 heavy (non-hydrogen) atoms. The summed E-state index contributed by atoms with van der Waals surface area (Å²) >= 11 is 0. The minimum atomic E-state index is 0. The maximum atomic E-state index is 12.6. The van der Waals surface area contributed by atoms with Gasteiger partial charge in [-0.25, -0.2) is 0 Å². The number of likely N-dealkylation sites (tertiary alicyclic amines) is 1. The number of anilines is 1. The first-order chi connectivity index (χ1) is 10.2. The number of carbonyl (C=O) groups is 2. The maximum absolute atomic E-state index is 12.6. The first-order valence-electron chi connectivity index (χ1n) is 7.61. The highest BCUT2D eigenvalue weighted by molar-refractivity contribution is 5.98. The number of nitrogens with two attached hydrogens (primary N) is 1. The molecule has 1 aromatic rings. The molecule has 1 atom stereocenters. The van der Waals surface area contributed by atoms with Crippen molar-refractivity contribution < 1.29 is 9.59 Å². The van der Waals surface area contributed by atoms with Crippen LogP contribution in [-0.4, -0.2) is 35.8 Å². The normalized spacial score (nSPS) is 20.4. The molecule has 1 heterocycles. The van der Waals surface area contributed by atoms with Gasteiger partial charge < -0.3 is 16.0 Å². The summed E-state index contributed by atoms with van der Waals surface area (Å²) in [5, 5.41) is 2.88. The van der Waals surface area contributed by atoms with Gasteiger partial charge in [-0.3, -0.25) is 9.59 Å². The second-order valence-corrected chi connectivity index (χ2v) is 5.87. The van der Waals surface area contributed by atoms with E-state index in [-0.39, 0.29) is 36.2 Å². The molecule has 1 aromatic carbocycles. The molecule has 3 rings (SSSR count). The summed E-state index contributed by atoms with van der Waals surface area (Å²) in [6.45, 7) is 1.27. The van der Waals surface area contributed by atoms with Gasteiger partial charge in [-0.15, -0.1) is 12.4 Å². The number of carbonyl (C=O) groups excluding carboxylic acids is 2. The van der Waals surface area contributed by atoms with Crippen molar-refractivity contribution in [1.29, 1.82) is 0 Å². The van der Waals surface area contributed by atoms with Crippen LogP contribution in [0.25, 0.3) is 0 Å². The Morgan fingerprint density at radius 1 is 1.27 bits per heavy atom. The van der Waals surface area contributed by atoms with Crippen LogP contribution in [0.4, 0.5) is 5.69 Å². The molecule has 2 amide bonds. The minimum Gasteiger partial charge on any atom is -0.334 e.